The van der Waals surface area contributed by atoms with Crippen molar-refractivity contribution in [3.63, 3.8) is 0 Å². The van der Waals surface area contributed by atoms with Gasteiger partial charge in [0.05, 0.1) is 13.2 Å². The third-order valence-electron chi connectivity index (χ3n) is 6.99. The van der Waals surface area contributed by atoms with Crippen molar-refractivity contribution in [1.82, 2.24) is 0 Å². The lowest BCUT2D eigenvalue weighted by molar-refractivity contribution is -0.479. The number of benzene rings is 1. The van der Waals surface area contributed by atoms with Gasteiger partial charge in [-0.25, -0.2) is 0 Å². The first-order valence-electron chi connectivity index (χ1n) is 10.1. The summed E-state index contributed by atoms with van der Waals surface area (Å²) in [7, 11) is -2.03. The van der Waals surface area contributed by atoms with Crippen LogP contribution in [0.2, 0.25) is 18.1 Å². The Labute approximate surface area is 167 Å². The lowest BCUT2D eigenvalue weighted by atomic mass is 9.76. The maximum absolute atomic E-state index is 6.81. The number of hydrogen-bond acceptors (Lipinski definition) is 6. The fourth-order valence-corrected chi connectivity index (χ4v) is 5.55. The molecular formula is C21H30O6Si. The van der Waals surface area contributed by atoms with Crippen molar-refractivity contribution >= 4 is 8.32 Å². The van der Waals surface area contributed by atoms with Crippen molar-refractivity contribution in [1.29, 1.82) is 0 Å². The standard InChI is InChI=1S/C21H30O6Si/c1-20(2,3)28(4,5)27-16-14-15(22-11-13-9-7-6-8-10-13)17-21(12-23-21)18(16)26-19(24-14)25-17/h6-10,14-19H,11-12H2,1-5H3/t14-,15-,16+,17-,18-,19-,21-/m0/s1. The van der Waals surface area contributed by atoms with Gasteiger partial charge in [-0.05, 0) is 23.7 Å². The van der Waals surface area contributed by atoms with E-state index in [1.54, 1.807) is 0 Å². The molecule has 28 heavy (non-hydrogen) atoms. The van der Waals surface area contributed by atoms with Crippen LogP contribution in [0.4, 0.5) is 0 Å². The van der Waals surface area contributed by atoms with Crippen molar-refractivity contribution < 1.29 is 28.1 Å². The lowest BCUT2D eigenvalue weighted by Crippen LogP contribution is -2.78. The van der Waals surface area contributed by atoms with Gasteiger partial charge in [0.15, 0.2) is 8.32 Å². The van der Waals surface area contributed by atoms with Crippen LogP contribution in [0.3, 0.4) is 0 Å². The van der Waals surface area contributed by atoms with Crippen LogP contribution >= 0.6 is 0 Å². The first-order valence-corrected chi connectivity index (χ1v) is 13.1. The lowest BCUT2D eigenvalue weighted by Gasteiger charge is -2.60. The number of rotatable bonds is 5. The van der Waals surface area contributed by atoms with Crippen molar-refractivity contribution in [2.45, 2.75) is 88.1 Å². The number of hydrogen-bond donors (Lipinski definition) is 0. The highest BCUT2D eigenvalue weighted by Crippen LogP contribution is 2.55. The molecule has 4 saturated heterocycles. The molecule has 0 amide bonds. The van der Waals surface area contributed by atoms with Gasteiger partial charge in [-0.1, -0.05) is 51.1 Å². The summed E-state index contributed by atoms with van der Waals surface area (Å²) in [6, 6.07) is 10.2. The average molecular weight is 407 g/mol. The van der Waals surface area contributed by atoms with E-state index in [1.165, 1.54) is 0 Å². The second-order valence-corrected chi connectivity index (χ2v) is 14.6. The Morgan fingerprint density at radius 2 is 1.68 bits per heavy atom. The topological polar surface area (TPSA) is 58.7 Å². The Kier molecular flexibility index (Phi) is 4.35. The van der Waals surface area contributed by atoms with E-state index in [2.05, 4.69) is 46.0 Å². The van der Waals surface area contributed by atoms with E-state index in [4.69, 9.17) is 28.1 Å². The maximum atomic E-state index is 6.81. The zero-order valence-electron chi connectivity index (χ0n) is 17.2. The number of ether oxygens (including phenoxy) is 5. The molecule has 5 fully saturated rings. The minimum Gasteiger partial charge on any atom is -0.408 e. The van der Waals surface area contributed by atoms with E-state index in [0.717, 1.165) is 5.56 Å². The molecule has 154 valence electrons. The maximum Gasteiger partial charge on any atom is 0.273 e. The van der Waals surface area contributed by atoms with Crippen LogP contribution in [0.15, 0.2) is 30.3 Å². The van der Waals surface area contributed by atoms with Gasteiger partial charge in [0.1, 0.15) is 36.1 Å². The zero-order chi connectivity index (χ0) is 19.7. The highest BCUT2D eigenvalue weighted by molar-refractivity contribution is 6.74. The molecule has 0 unspecified atom stereocenters. The Morgan fingerprint density at radius 1 is 1.04 bits per heavy atom. The van der Waals surface area contributed by atoms with E-state index in [-0.39, 0.29) is 35.6 Å². The van der Waals surface area contributed by atoms with Crippen LogP contribution in [0.5, 0.6) is 0 Å². The summed E-state index contributed by atoms with van der Waals surface area (Å²) >= 11 is 0. The Hall–Kier alpha value is -0.803. The van der Waals surface area contributed by atoms with Crippen molar-refractivity contribution in [3.05, 3.63) is 35.9 Å². The number of epoxide rings is 1. The molecular weight excluding hydrogens is 376 g/mol. The van der Waals surface area contributed by atoms with E-state index in [9.17, 15) is 0 Å². The van der Waals surface area contributed by atoms with Gasteiger partial charge in [0, 0.05) is 0 Å². The molecule has 7 heteroatoms. The van der Waals surface area contributed by atoms with E-state index in [0.29, 0.717) is 13.2 Å². The highest BCUT2D eigenvalue weighted by Gasteiger charge is 2.76. The molecule has 6 nitrogen and oxygen atoms in total. The fraction of sp³-hybridized carbons (Fsp3) is 0.714. The normalized spacial score (nSPS) is 41.6. The summed E-state index contributed by atoms with van der Waals surface area (Å²) in [4.78, 5) is 0. The molecule has 7 atom stereocenters. The molecule has 1 saturated carbocycles. The summed E-state index contributed by atoms with van der Waals surface area (Å²) in [6.45, 7) is 11.7. The van der Waals surface area contributed by atoms with Crippen LogP contribution in [0.1, 0.15) is 26.3 Å². The van der Waals surface area contributed by atoms with Crippen LogP contribution in [0.25, 0.3) is 0 Å². The quantitative estimate of drug-likeness (QED) is 0.553. The van der Waals surface area contributed by atoms with Crippen LogP contribution in [-0.2, 0) is 34.7 Å². The molecule has 1 aromatic rings. The Bertz CT molecular complexity index is 728. The zero-order valence-corrected chi connectivity index (χ0v) is 18.2. The molecule has 1 aliphatic carbocycles. The second-order valence-electron chi connectivity index (χ2n) is 9.85. The van der Waals surface area contributed by atoms with Gasteiger partial charge in [-0.15, -0.1) is 0 Å². The SMILES string of the molecule is CC(C)(C)[Si](C)(C)O[C@@H]1[C@H]2O[C@@H]3O[C@@H]1[C@]1(CO1)[C@@H](O3)[C@H]2OCc1ccccc1. The Balaban J connectivity index is 1.41. The molecule has 4 bridgehead atoms. The molecule has 4 heterocycles. The highest BCUT2D eigenvalue weighted by atomic mass is 28.4. The van der Waals surface area contributed by atoms with Gasteiger partial charge in [0.25, 0.3) is 6.48 Å². The molecule has 1 aromatic carbocycles. The predicted molar refractivity (Wildman–Crippen MR) is 104 cm³/mol. The van der Waals surface area contributed by atoms with E-state index < -0.39 is 20.4 Å². The van der Waals surface area contributed by atoms with Crippen molar-refractivity contribution in [3.8, 4) is 0 Å². The molecule has 0 radical (unpaired) electrons. The van der Waals surface area contributed by atoms with Crippen LogP contribution in [0, 0.1) is 0 Å². The van der Waals surface area contributed by atoms with Crippen molar-refractivity contribution in [2.24, 2.45) is 0 Å². The fourth-order valence-electron chi connectivity index (χ4n) is 4.26. The van der Waals surface area contributed by atoms with Gasteiger partial charge < -0.3 is 28.1 Å². The monoisotopic (exact) mass is 406 g/mol. The smallest absolute Gasteiger partial charge is 0.273 e. The first-order chi connectivity index (χ1) is 13.2. The second kappa shape index (κ2) is 6.35. The average Bonchev–Trinajstić information content (AvgIpc) is 3.42. The van der Waals surface area contributed by atoms with Gasteiger partial charge in [-0.2, -0.15) is 0 Å². The summed E-state index contributed by atoms with van der Waals surface area (Å²) in [6.07, 6.45) is -1.01. The molecule has 6 rings (SSSR count). The van der Waals surface area contributed by atoms with E-state index in [1.807, 2.05) is 18.2 Å². The predicted octanol–water partition coefficient (Wildman–Crippen LogP) is 3.21. The summed E-state index contributed by atoms with van der Waals surface area (Å²) in [5.41, 5.74) is 0.658. The molecule has 1 spiro atoms. The van der Waals surface area contributed by atoms with Crippen LogP contribution < -0.4 is 0 Å². The minimum absolute atomic E-state index is 0.0934. The summed E-state index contributed by atoms with van der Waals surface area (Å²) in [5, 5.41) is 0.0934. The third kappa shape index (κ3) is 2.91. The van der Waals surface area contributed by atoms with Crippen LogP contribution in [-0.4, -0.2) is 57.5 Å². The van der Waals surface area contributed by atoms with Crippen molar-refractivity contribution in [2.75, 3.05) is 6.61 Å². The first kappa shape index (κ1) is 19.2. The third-order valence-corrected chi connectivity index (χ3v) is 11.5. The Morgan fingerprint density at radius 3 is 2.29 bits per heavy atom. The molecule has 0 N–H and O–H groups in total. The molecule has 4 aliphatic heterocycles. The molecule has 0 aromatic heterocycles. The van der Waals surface area contributed by atoms with Gasteiger partial charge in [-0.3, -0.25) is 0 Å². The summed E-state index contributed by atoms with van der Waals surface area (Å²) in [5.74, 6) is 0. The largest absolute Gasteiger partial charge is 0.408 e. The molecule has 5 aliphatic rings. The summed E-state index contributed by atoms with van der Waals surface area (Å²) < 4.78 is 37.3. The van der Waals surface area contributed by atoms with E-state index >= 15 is 0 Å². The van der Waals surface area contributed by atoms with Gasteiger partial charge in [0.2, 0.25) is 0 Å². The van der Waals surface area contributed by atoms with Gasteiger partial charge >= 0.3 is 0 Å². The minimum atomic E-state index is -2.03.